The first kappa shape index (κ1) is 24.7. The monoisotopic (exact) mass is 376 g/mol. The van der Waals surface area contributed by atoms with Gasteiger partial charge in [0.25, 0.3) is 0 Å². The van der Waals surface area contributed by atoms with Crippen LogP contribution in [0.5, 0.6) is 0 Å². The van der Waals surface area contributed by atoms with Gasteiger partial charge in [0.05, 0.1) is 18.6 Å². The van der Waals surface area contributed by atoms with E-state index in [1.54, 1.807) is 0 Å². The van der Waals surface area contributed by atoms with E-state index in [0.717, 1.165) is 12.8 Å². The van der Waals surface area contributed by atoms with E-state index in [-0.39, 0.29) is 11.3 Å². The largest absolute Gasteiger partial charge is 0.469 e. The number of halogens is 1. The highest BCUT2D eigenvalue weighted by Gasteiger charge is 2.16. The zero-order valence-corrected chi connectivity index (χ0v) is 17.4. The number of alkyl halides is 1. The average molecular weight is 377 g/mol. The van der Waals surface area contributed by atoms with E-state index in [9.17, 15) is 9.90 Å². The van der Waals surface area contributed by atoms with Crippen LogP contribution in [-0.2, 0) is 9.53 Å². The number of hydrogen-bond donors (Lipinski definition) is 1. The van der Waals surface area contributed by atoms with Crippen LogP contribution < -0.4 is 0 Å². The van der Waals surface area contributed by atoms with Crippen molar-refractivity contribution in [3.63, 3.8) is 0 Å². The molecule has 0 saturated carbocycles. The highest BCUT2D eigenvalue weighted by atomic mass is 35.5. The highest BCUT2D eigenvalue weighted by Crippen LogP contribution is 2.18. The summed E-state index contributed by atoms with van der Waals surface area (Å²) in [5, 5.41) is 9.80. The molecule has 0 aromatic rings. The standard InChI is InChI=1S/C21H41ClO3/c1-3-4-5-6-7-8-9-10-11-12-13-14-16-19(22)20(23)17-15-18-21(24)25-2/h19-20,23H,3-18H2,1-2H3. The quantitative estimate of drug-likeness (QED) is 0.171. The van der Waals surface area contributed by atoms with Crippen molar-refractivity contribution in [1.82, 2.24) is 0 Å². The maximum Gasteiger partial charge on any atom is 0.305 e. The number of methoxy groups -OCH3 is 1. The molecule has 0 aromatic carbocycles. The van der Waals surface area contributed by atoms with Gasteiger partial charge in [0, 0.05) is 6.42 Å². The van der Waals surface area contributed by atoms with Crippen molar-refractivity contribution in [2.45, 2.75) is 121 Å². The topological polar surface area (TPSA) is 46.5 Å². The molecule has 0 aromatic heterocycles. The molecule has 0 aliphatic heterocycles. The molecule has 4 heteroatoms. The molecule has 0 heterocycles. The minimum atomic E-state index is -0.515. The Hall–Kier alpha value is -0.280. The van der Waals surface area contributed by atoms with E-state index in [1.165, 1.54) is 77.7 Å². The van der Waals surface area contributed by atoms with Crippen LogP contribution in [0.1, 0.15) is 110 Å². The zero-order valence-electron chi connectivity index (χ0n) is 16.6. The summed E-state index contributed by atoms with van der Waals surface area (Å²) < 4.78 is 4.59. The number of carbonyl (C=O) groups is 1. The molecule has 0 bridgehead atoms. The van der Waals surface area contributed by atoms with Gasteiger partial charge in [-0.25, -0.2) is 0 Å². The lowest BCUT2D eigenvalue weighted by Crippen LogP contribution is -2.21. The summed E-state index contributed by atoms with van der Waals surface area (Å²) in [6.07, 6.45) is 17.9. The molecule has 25 heavy (non-hydrogen) atoms. The second-order valence-electron chi connectivity index (χ2n) is 7.23. The average Bonchev–Trinajstić information content (AvgIpc) is 2.62. The third kappa shape index (κ3) is 16.9. The molecule has 0 spiro atoms. The smallest absolute Gasteiger partial charge is 0.305 e. The summed E-state index contributed by atoms with van der Waals surface area (Å²) in [6.45, 7) is 2.26. The van der Waals surface area contributed by atoms with E-state index in [4.69, 9.17) is 11.6 Å². The van der Waals surface area contributed by atoms with Crippen LogP contribution in [0.2, 0.25) is 0 Å². The number of hydrogen-bond acceptors (Lipinski definition) is 3. The first-order valence-corrected chi connectivity index (χ1v) is 10.9. The molecule has 2 atom stereocenters. The normalized spacial score (nSPS) is 13.6. The van der Waals surface area contributed by atoms with Crippen molar-refractivity contribution < 1.29 is 14.6 Å². The third-order valence-corrected chi connectivity index (χ3v) is 5.37. The Morgan fingerprint density at radius 3 is 1.80 bits per heavy atom. The third-order valence-electron chi connectivity index (χ3n) is 4.86. The van der Waals surface area contributed by atoms with Gasteiger partial charge in [-0.3, -0.25) is 4.79 Å². The number of rotatable bonds is 18. The predicted molar refractivity (Wildman–Crippen MR) is 107 cm³/mol. The van der Waals surface area contributed by atoms with Gasteiger partial charge in [-0.2, -0.15) is 0 Å². The van der Waals surface area contributed by atoms with Crippen LogP contribution in [0.3, 0.4) is 0 Å². The zero-order chi connectivity index (χ0) is 18.8. The fourth-order valence-corrected chi connectivity index (χ4v) is 3.39. The number of aliphatic hydroxyl groups excluding tert-OH is 1. The van der Waals surface area contributed by atoms with Gasteiger partial charge in [-0.05, 0) is 19.3 Å². The minimum absolute atomic E-state index is 0.194. The molecule has 0 amide bonds. The second-order valence-corrected chi connectivity index (χ2v) is 7.79. The van der Waals surface area contributed by atoms with Crippen LogP contribution in [0.25, 0.3) is 0 Å². The lowest BCUT2D eigenvalue weighted by Gasteiger charge is -2.16. The van der Waals surface area contributed by atoms with E-state index >= 15 is 0 Å². The molecule has 3 nitrogen and oxygen atoms in total. The second kappa shape index (κ2) is 18.5. The van der Waals surface area contributed by atoms with E-state index < -0.39 is 6.10 Å². The molecular weight excluding hydrogens is 336 g/mol. The van der Waals surface area contributed by atoms with Crippen molar-refractivity contribution >= 4 is 17.6 Å². The van der Waals surface area contributed by atoms with Crippen LogP contribution in [0.4, 0.5) is 0 Å². The van der Waals surface area contributed by atoms with Gasteiger partial charge in [0.1, 0.15) is 0 Å². The summed E-state index contributed by atoms with van der Waals surface area (Å²) in [7, 11) is 1.39. The van der Waals surface area contributed by atoms with Crippen molar-refractivity contribution in [2.24, 2.45) is 0 Å². The summed E-state index contributed by atoms with van der Waals surface area (Å²) in [5.74, 6) is -0.223. The van der Waals surface area contributed by atoms with Gasteiger partial charge in [0.15, 0.2) is 0 Å². The fraction of sp³-hybridized carbons (Fsp3) is 0.952. The summed E-state index contributed by atoms with van der Waals surface area (Å²) >= 11 is 6.25. The fourth-order valence-electron chi connectivity index (χ4n) is 3.11. The Balaban J connectivity index is 3.33. The van der Waals surface area contributed by atoms with E-state index in [1.807, 2.05) is 0 Å². The Morgan fingerprint density at radius 2 is 1.32 bits per heavy atom. The van der Waals surface area contributed by atoms with Crippen molar-refractivity contribution in [2.75, 3.05) is 7.11 Å². The molecule has 0 fully saturated rings. The number of carbonyl (C=O) groups excluding carboxylic acids is 1. The Kier molecular flexibility index (Phi) is 18.3. The van der Waals surface area contributed by atoms with Crippen molar-refractivity contribution in [3.05, 3.63) is 0 Å². The van der Waals surface area contributed by atoms with Crippen LogP contribution in [0, 0.1) is 0 Å². The predicted octanol–water partition coefficient (Wildman–Crippen LogP) is 6.39. The first-order valence-electron chi connectivity index (χ1n) is 10.5. The van der Waals surface area contributed by atoms with Crippen LogP contribution in [0.15, 0.2) is 0 Å². The SMILES string of the molecule is CCCCCCCCCCCCCCC(Cl)C(O)CCCC(=O)OC. The lowest BCUT2D eigenvalue weighted by molar-refractivity contribution is -0.140. The maximum atomic E-state index is 11.0. The molecule has 1 N–H and O–H groups in total. The maximum absolute atomic E-state index is 11.0. The molecular formula is C21H41ClO3. The Labute approximate surface area is 160 Å². The number of aliphatic hydroxyl groups is 1. The van der Waals surface area contributed by atoms with Crippen molar-refractivity contribution in [1.29, 1.82) is 0 Å². The summed E-state index contributed by atoms with van der Waals surface area (Å²) in [5.41, 5.74) is 0. The molecule has 0 radical (unpaired) electrons. The molecule has 0 saturated heterocycles. The molecule has 2 unspecified atom stereocenters. The number of unbranched alkanes of at least 4 members (excludes halogenated alkanes) is 11. The Morgan fingerprint density at radius 1 is 0.840 bits per heavy atom. The summed E-state index contributed by atoms with van der Waals surface area (Å²) in [6, 6.07) is 0. The van der Waals surface area contributed by atoms with Gasteiger partial charge >= 0.3 is 5.97 Å². The molecule has 0 aliphatic carbocycles. The minimum Gasteiger partial charge on any atom is -0.469 e. The van der Waals surface area contributed by atoms with E-state index in [0.29, 0.717) is 19.3 Å². The highest BCUT2D eigenvalue weighted by molar-refractivity contribution is 6.21. The molecule has 0 rings (SSSR count). The first-order chi connectivity index (χ1) is 12.1. The van der Waals surface area contributed by atoms with Gasteiger partial charge in [-0.1, -0.05) is 84.0 Å². The molecule has 0 aliphatic rings. The van der Waals surface area contributed by atoms with Crippen molar-refractivity contribution in [3.8, 4) is 0 Å². The van der Waals surface area contributed by atoms with Gasteiger partial charge < -0.3 is 9.84 Å². The Bertz CT molecular complexity index is 297. The van der Waals surface area contributed by atoms with Gasteiger partial charge in [-0.15, -0.1) is 11.6 Å². The number of ether oxygens (including phenoxy) is 1. The molecule has 150 valence electrons. The van der Waals surface area contributed by atoms with Gasteiger partial charge in [0.2, 0.25) is 0 Å². The van der Waals surface area contributed by atoms with Crippen LogP contribution >= 0.6 is 11.6 Å². The van der Waals surface area contributed by atoms with Crippen LogP contribution in [-0.4, -0.2) is 29.7 Å². The van der Waals surface area contributed by atoms with E-state index in [2.05, 4.69) is 11.7 Å². The summed E-state index contributed by atoms with van der Waals surface area (Å²) in [4.78, 5) is 11.0. The lowest BCUT2D eigenvalue weighted by atomic mass is 10.0. The number of esters is 1.